The minimum atomic E-state index is -0.372. The van der Waals surface area contributed by atoms with Crippen LogP contribution in [0.4, 0.5) is 10.5 Å². The number of hydrogen-bond donors (Lipinski definition) is 0. The van der Waals surface area contributed by atoms with Gasteiger partial charge < -0.3 is 14.4 Å². The first-order chi connectivity index (χ1) is 14.6. The lowest BCUT2D eigenvalue weighted by Gasteiger charge is -2.29. The Morgan fingerprint density at radius 1 is 1.07 bits per heavy atom. The maximum Gasteiger partial charge on any atom is 0.419 e. The lowest BCUT2D eigenvalue weighted by Crippen LogP contribution is -2.37. The third-order valence-corrected chi connectivity index (χ3v) is 5.69. The van der Waals surface area contributed by atoms with Gasteiger partial charge in [-0.3, -0.25) is 4.90 Å². The molecule has 0 radical (unpaired) electrons. The van der Waals surface area contributed by atoms with E-state index >= 15 is 0 Å². The summed E-state index contributed by atoms with van der Waals surface area (Å²) in [5, 5.41) is 0.610. The van der Waals surface area contributed by atoms with Crippen LogP contribution in [0.25, 0.3) is 0 Å². The first-order valence-corrected chi connectivity index (χ1v) is 11.2. The second kappa shape index (κ2) is 11.2. The molecule has 162 valence electrons. The first-order valence-electron chi connectivity index (χ1n) is 10.8. The Balaban J connectivity index is 1.55. The highest BCUT2D eigenvalue weighted by molar-refractivity contribution is 6.30. The summed E-state index contributed by atoms with van der Waals surface area (Å²) < 4.78 is 11.5. The van der Waals surface area contributed by atoms with Crippen LogP contribution in [0.2, 0.25) is 5.02 Å². The number of anilines is 1. The van der Waals surface area contributed by atoms with Crippen LogP contribution in [0.1, 0.15) is 38.7 Å². The van der Waals surface area contributed by atoms with Gasteiger partial charge in [0.25, 0.3) is 0 Å². The average Bonchev–Trinajstić information content (AvgIpc) is 2.77. The van der Waals surface area contributed by atoms with E-state index in [0.717, 1.165) is 62.3 Å². The number of nitrogens with zero attached hydrogens (tertiary/aromatic N) is 2. The van der Waals surface area contributed by atoms with E-state index < -0.39 is 0 Å². The Hall–Kier alpha value is -2.24. The number of ether oxygens (including phenoxy) is 2. The van der Waals surface area contributed by atoms with Crippen molar-refractivity contribution in [3.05, 3.63) is 53.1 Å². The molecule has 0 saturated heterocycles. The fourth-order valence-corrected chi connectivity index (χ4v) is 3.80. The maximum absolute atomic E-state index is 12.7. The van der Waals surface area contributed by atoms with Gasteiger partial charge in [0.2, 0.25) is 0 Å². The van der Waals surface area contributed by atoms with Crippen LogP contribution < -0.4 is 14.4 Å². The Kier molecular flexibility index (Phi) is 8.40. The number of halogens is 1. The molecular formula is C24H31ClN2O3. The van der Waals surface area contributed by atoms with Crippen molar-refractivity contribution < 1.29 is 14.3 Å². The largest absolute Gasteiger partial charge is 0.494 e. The number of rotatable bonds is 9. The van der Waals surface area contributed by atoms with E-state index in [1.807, 2.05) is 12.1 Å². The molecule has 0 aromatic heterocycles. The van der Waals surface area contributed by atoms with Crippen molar-refractivity contribution in [2.45, 2.75) is 39.5 Å². The fourth-order valence-electron chi connectivity index (χ4n) is 3.68. The molecule has 0 spiro atoms. The summed E-state index contributed by atoms with van der Waals surface area (Å²) in [5.41, 5.74) is 2.02. The first kappa shape index (κ1) is 22.4. The predicted molar refractivity (Wildman–Crippen MR) is 122 cm³/mol. The Morgan fingerprint density at radius 3 is 2.53 bits per heavy atom. The summed E-state index contributed by atoms with van der Waals surface area (Å²) in [6.07, 6.45) is 3.63. The number of amides is 1. The topological polar surface area (TPSA) is 42.0 Å². The molecule has 6 heteroatoms. The van der Waals surface area contributed by atoms with Crippen LogP contribution in [-0.2, 0) is 6.42 Å². The highest BCUT2D eigenvalue weighted by atomic mass is 35.5. The zero-order chi connectivity index (χ0) is 21.3. The molecule has 0 saturated carbocycles. The molecule has 1 aliphatic heterocycles. The molecule has 0 atom stereocenters. The maximum atomic E-state index is 12.7. The van der Waals surface area contributed by atoms with E-state index in [2.05, 4.69) is 24.8 Å². The second-order valence-electron chi connectivity index (χ2n) is 7.45. The highest BCUT2D eigenvalue weighted by Gasteiger charge is 2.24. The van der Waals surface area contributed by atoms with Gasteiger partial charge in [-0.25, -0.2) is 4.79 Å². The lowest BCUT2D eigenvalue weighted by atomic mass is 10.0. The molecule has 0 aliphatic carbocycles. The summed E-state index contributed by atoms with van der Waals surface area (Å²) in [7, 11) is 0. The lowest BCUT2D eigenvalue weighted by molar-refractivity contribution is 0.207. The van der Waals surface area contributed by atoms with Crippen molar-refractivity contribution in [1.29, 1.82) is 0 Å². The molecular weight excluding hydrogens is 400 g/mol. The van der Waals surface area contributed by atoms with Gasteiger partial charge in [0.05, 0.1) is 12.3 Å². The number of unbranched alkanes of at least 4 members (excludes halogenated alkanes) is 1. The van der Waals surface area contributed by atoms with Crippen molar-refractivity contribution in [2.75, 3.05) is 37.7 Å². The SMILES string of the molecule is CCN(CC)CCCCOc1ccc2c(c1)CCCN2C(=O)Oc1ccc(Cl)cc1. The van der Waals surface area contributed by atoms with Crippen LogP contribution in [0, 0.1) is 0 Å². The van der Waals surface area contributed by atoms with E-state index in [4.69, 9.17) is 21.1 Å². The molecule has 2 aromatic rings. The summed E-state index contributed by atoms with van der Waals surface area (Å²) in [4.78, 5) is 16.8. The third-order valence-electron chi connectivity index (χ3n) is 5.44. The molecule has 0 N–H and O–H groups in total. The van der Waals surface area contributed by atoms with E-state index in [0.29, 0.717) is 23.9 Å². The van der Waals surface area contributed by atoms with Crippen LogP contribution in [0.5, 0.6) is 11.5 Å². The van der Waals surface area contributed by atoms with Crippen molar-refractivity contribution in [3.8, 4) is 11.5 Å². The molecule has 5 nitrogen and oxygen atoms in total. The Morgan fingerprint density at radius 2 is 1.80 bits per heavy atom. The van der Waals surface area contributed by atoms with Crippen molar-refractivity contribution in [2.24, 2.45) is 0 Å². The standard InChI is InChI=1S/C24H31ClN2O3/c1-3-26(4-2)15-5-6-17-29-22-13-14-23-19(18-22)8-7-16-27(23)24(28)30-21-11-9-20(25)10-12-21/h9-14,18H,3-8,15-17H2,1-2H3. The minimum Gasteiger partial charge on any atom is -0.494 e. The molecule has 30 heavy (non-hydrogen) atoms. The molecule has 0 bridgehead atoms. The highest BCUT2D eigenvalue weighted by Crippen LogP contribution is 2.31. The quantitative estimate of drug-likeness (QED) is 0.472. The van der Waals surface area contributed by atoms with E-state index in [1.54, 1.807) is 29.2 Å². The van der Waals surface area contributed by atoms with E-state index in [9.17, 15) is 4.79 Å². The van der Waals surface area contributed by atoms with Gasteiger partial charge >= 0.3 is 6.09 Å². The average molecular weight is 431 g/mol. The van der Waals surface area contributed by atoms with Gasteiger partial charge in [-0.2, -0.15) is 0 Å². The van der Waals surface area contributed by atoms with Crippen LogP contribution in [-0.4, -0.2) is 43.8 Å². The Labute approximate surface area is 184 Å². The van der Waals surface area contributed by atoms with Crippen LogP contribution in [0.15, 0.2) is 42.5 Å². The molecule has 1 heterocycles. The van der Waals surface area contributed by atoms with Crippen LogP contribution in [0.3, 0.4) is 0 Å². The summed E-state index contributed by atoms with van der Waals surface area (Å²) >= 11 is 5.89. The normalized spacial score (nSPS) is 13.3. The number of fused-ring (bicyclic) bond motifs is 1. The zero-order valence-electron chi connectivity index (χ0n) is 17.9. The van der Waals surface area contributed by atoms with Gasteiger partial charge in [-0.15, -0.1) is 0 Å². The van der Waals surface area contributed by atoms with Crippen molar-refractivity contribution in [3.63, 3.8) is 0 Å². The molecule has 1 amide bonds. The zero-order valence-corrected chi connectivity index (χ0v) is 18.7. The van der Waals surface area contributed by atoms with E-state index in [-0.39, 0.29) is 6.09 Å². The fraction of sp³-hybridized carbons (Fsp3) is 0.458. The number of carbonyl (C=O) groups excluding carboxylic acids is 1. The predicted octanol–water partition coefficient (Wildman–Crippen LogP) is 5.79. The number of carbonyl (C=O) groups is 1. The minimum absolute atomic E-state index is 0.372. The van der Waals surface area contributed by atoms with Gasteiger partial charge in [0.15, 0.2) is 0 Å². The van der Waals surface area contributed by atoms with Crippen molar-refractivity contribution in [1.82, 2.24) is 4.90 Å². The van der Waals surface area contributed by atoms with Gasteiger partial charge in [-0.05, 0) is 93.3 Å². The molecule has 0 fully saturated rings. The summed E-state index contributed by atoms with van der Waals surface area (Å²) in [6, 6.07) is 12.8. The molecule has 1 aliphatic rings. The van der Waals surface area contributed by atoms with E-state index in [1.165, 1.54) is 0 Å². The van der Waals surface area contributed by atoms with Crippen LogP contribution >= 0.6 is 11.6 Å². The van der Waals surface area contributed by atoms with Gasteiger partial charge in [0, 0.05) is 11.6 Å². The second-order valence-corrected chi connectivity index (χ2v) is 7.89. The number of benzene rings is 2. The monoisotopic (exact) mass is 430 g/mol. The molecule has 0 unspecified atom stereocenters. The smallest absolute Gasteiger partial charge is 0.419 e. The number of aryl methyl sites for hydroxylation is 1. The number of hydrogen-bond acceptors (Lipinski definition) is 4. The third kappa shape index (κ3) is 6.13. The summed E-state index contributed by atoms with van der Waals surface area (Å²) in [5.74, 6) is 1.35. The molecule has 3 rings (SSSR count). The summed E-state index contributed by atoms with van der Waals surface area (Å²) in [6.45, 7) is 9.06. The Bertz CT molecular complexity index is 822. The van der Waals surface area contributed by atoms with Crippen molar-refractivity contribution >= 4 is 23.4 Å². The molecule has 2 aromatic carbocycles. The van der Waals surface area contributed by atoms with Gasteiger partial charge in [-0.1, -0.05) is 25.4 Å². The van der Waals surface area contributed by atoms with Gasteiger partial charge in [0.1, 0.15) is 11.5 Å².